The molecule has 1 amide bonds. The van der Waals surface area contributed by atoms with Gasteiger partial charge in [-0.25, -0.2) is 9.97 Å². The fraction of sp³-hybridized carbons (Fsp3) is 0.188. The van der Waals surface area contributed by atoms with Gasteiger partial charge in [-0.3, -0.25) is 4.79 Å². The summed E-state index contributed by atoms with van der Waals surface area (Å²) in [6.45, 7) is 0.398. The van der Waals surface area contributed by atoms with Crippen LogP contribution in [0.1, 0.15) is 10.7 Å². The molecular formula is C16H12F3N3OS2. The highest BCUT2D eigenvalue weighted by Gasteiger charge is 2.35. The van der Waals surface area contributed by atoms with Crippen molar-refractivity contribution in [1.29, 1.82) is 0 Å². The Labute approximate surface area is 149 Å². The van der Waals surface area contributed by atoms with Gasteiger partial charge in [0.05, 0.1) is 17.8 Å². The van der Waals surface area contributed by atoms with E-state index in [1.54, 1.807) is 18.2 Å². The smallest absolute Gasteiger partial charge is 0.350 e. The number of fused-ring (bicyclic) bond motifs is 1. The Morgan fingerprint density at radius 3 is 2.68 bits per heavy atom. The van der Waals surface area contributed by atoms with Crippen LogP contribution in [0.2, 0.25) is 0 Å². The Hall–Kier alpha value is -2.13. The molecule has 2 heterocycles. The second kappa shape index (κ2) is 7.40. The fourth-order valence-electron chi connectivity index (χ4n) is 2.07. The lowest BCUT2D eigenvalue weighted by Crippen LogP contribution is -2.24. The molecule has 1 N–H and O–H groups in total. The average Bonchev–Trinajstić information content (AvgIpc) is 3.10. The molecule has 0 aliphatic carbocycles. The molecule has 3 rings (SSSR count). The number of carbonyl (C=O) groups excluding carboxylic acids is 1. The molecule has 0 spiro atoms. The van der Waals surface area contributed by atoms with Gasteiger partial charge in [-0.05, 0) is 17.5 Å². The minimum atomic E-state index is -4.64. The molecule has 130 valence electrons. The number of nitrogens with zero attached hydrogens (tertiary/aromatic N) is 2. The largest absolute Gasteiger partial charge is 0.451 e. The molecule has 2 aromatic heterocycles. The average molecular weight is 383 g/mol. The van der Waals surface area contributed by atoms with E-state index >= 15 is 0 Å². The lowest BCUT2D eigenvalue weighted by Gasteiger charge is -2.10. The second-order valence-corrected chi connectivity index (χ2v) is 7.01. The number of alkyl halides is 3. The highest BCUT2D eigenvalue weighted by atomic mass is 32.2. The Kier molecular flexibility index (Phi) is 5.24. The number of halogens is 3. The number of benzene rings is 1. The summed E-state index contributed by atoms with van der Waals surface area (Å²) in [4.78, 5) is 20.1. The SMILES string of the molecule is O=C(CSc1nc(C(F)(F)F)nc2ccccc12)NCc1cccs1. The van der Waals surface area contributed by atoms with Crippen LogP contribution in [0.4, 0.5) is 13.2 Å². The maximum atomic E-state index is 13.0. The van der Waals surface area contributed by atoms with Crippen molar-refractivity contribution in [3.63, 3.8) is 0 Å². The van der Waals surface area contributed by atoms with E-state index in [0.717, 1.165) is 16.6 Å². The van der Waals surface area contributed by atoms with E-state index in [0.29, 0.717) is 11.9 Å². The summed E-state index contributed by atoms with van der Waals surface area (Å²) in [5.41, 5.74) is 0.200. The summed E-state index contributed by atoms with van der Waals surface area (Å²) in [5.74, 6) is -1.49. The molecular weight excluding hydrogens is 371 g/mol. The van der Waals surface area contributed by atoms with Gasteiger partial charge >= 0.3 is 6.18 Å². The molecule has 0 fully saturated rings. The standard InChI is InChI=1S/C16H12F3N3OS2/c17-16(18,19)15-21-12-6-2-1-5-11(12)14(22-15)25-9-13(23)20-8-10-4-3-7-24-10/h1-7H,8-9H2,(H,20,23). The van der Waals surface area contributed by atoms with Crippen LogP contribution in [0.5, 0.6) is 0 Å². The molecule has 0 radical (unpaired) electrons. The van der Waals surface area contributed by atoms with Crippen molar-refractivity contribution in [1.82, 2.24) is 15.3 Å². The quantitative estimate of drug-likeness (QED) is 0.532. The number of amides is 1. The molecule has 4 nitrogen and oxygen atoms in total. The van der Waals surface area contributed by atoms with E-state index in [9.17, 15) is 18.0 Å². The summed E-state index contributed by atoms with van der Waals surface area (Å²) < 4.78 is 38.9. The second-order valence-electron chi connectivity index (χ2n) is 5.01. The zero-order chi connectivity index (χ0) is 17.9. The number of para-hydroxylation sites is 1. The number of thioether (sulfide) groups is 1. The first kappa shape index (κ1) is 17.7. The van der Waals surface area contributed by atoms with Gasteiger partial charge in [0.2, 0.25) is 11.7 Å². The third kappa shape index (κ3) is 4.49. The number of carbonyl (C=O) groups is 1. The normalized spacial score (nSPS) is 11.6. The fourth-order valence-corrected chi connectivity index (χ4v) is 3.56. The molecule has 3 aromatic rings. The Morgan fingerprint density at radius 1 is 1.16 bits per heavy atom. The van der Waals surface area contributed by atoms with Crippen LogP contribution in [-0.4, -0.2) is 21.6 Å². The monoisotopic (exact) mass is 383 g/mol. The van der Waals surface area contributed by atoms with Crippen molar-refractivity contribution >= 4 is 39.9 Å². The Balaban J connectivity index is 1.74. The summed E-state index contributed by atoms with van der Waals surface area (Å²) in [6, 6.07) is 10.2. The maximum Gasteiger partial charge on any atom is 0.451 e. The van der Waals surface area contributed by atoms with Gasteiger partial charge in [0.15, 0.2) is 0 Å². The third-order valence-corrected chi connectivity index (χ3v) is 5.07. The topological polar surface area (TPSA) is 54.9 Å². The number of hydrogen-bond donors (Lipinski definition) is 1. The lowest BCUT2D eigenvalue weighted by atomic mass is 10.2. The highest BCUT2D eigenvalue weighted by Crippen LogP contribution is 2.31. The van der Waals surface area contributed by atoms with Gasteiger partial charge in [0.25, 0.3) is 0 Å². The number of rotatable bonds is 5. The molecule has 0 atom stereocenters. The first-order chi connectivity index (χ1) is 11.9. The maximum absolute atomic E-state index is 13.0. The first-order valence-corrected chi connectivity index (χ1v) is 9.06. The van der Waals surface area contributed by atoms with Gasteiger partial charge in [0.1, 0.15) is 5.03 Å². The predicted molar refractivity (Wildman–Crippen MR) is 91.4 cm³/mol. The number of hydrogen-bond acceptors (Lipinski definition) is 5. The molecule has 0 bridgehead atoms. The zero-order valence-corrected chi connectivity index (χ0v) is 14.3. The summed E-state index contributed by atoms with van der Waals surface area (Å²) in [7, 11) is 0. The molecule has 0 aliphatic heterocycles. The van der Waals surface area contributed by atoms with Crippen LogP contribution >= 0.6 is 23.1 Å². The number of aromatic nitrogens is 2. The van der Waals surface area contributed by atoms with E-state index < -0.39 is 12.0 Å². The molecule has 0 aliphatic rings. The van der Waals surface area contributed by atoms with E-state index in [1.165, 1.54) is 17.4 Å². The van der Waals surface area contributed by atoms with E-state index in [1.807, 2.05) is 17.5 Å². The van der Waals surface area contributed by atoms with Crippen molar-refractivity contribution in [2.45, 2.75) is 17.7 Å². The molecule has 9 heteroatoms. The Bertz CT molecular complexity index is 882. The molecule has 0 saturated heterocycles. The van der Waals surface area contributed by atoms with E-state index in [-0.39, 0.29) is 22.2 Å². The van der Waals surface area contributed by atoms with Crippen molar-refractivity contribution in [3.05, 3.63) is 52.5 Å². The van der Waals surface area contributed by atoms with Crippen LogP contribution in [-0.2, 0) is 17.5 Å². The van der Waals surface area contributed by atoms with Crippen molar-refractivity contribution in [2.24, 2.45) is 0 Å². The van der Waals surface area contributed by atoms with Crippen LogP contribution in [0.25, 0.3) is 10.9 Å². The first-order valence-electron chi connectivity index (χ1n) is 7.19. The van der Waals surface area contributed by atoms with E-state index in [2.05, 4.69) is 15.3 Å². The summed E-state index contributed by atoms with van der Waals surface area (Å²) in [5, 5.41) is 5.27. The number of thiophene rings is 1. The van der Waals surface area contributed by atoms with Crippen LogP contribution in [0.15, 0.2) is 46.8 Å². The van der Waals surface area contributed by atoms with Gasteiger partial charge in [-0.15, -0.1) is 11.3 Å². The van der Waals surface area contributed by atoms with Crippen LogP contribution in [0.3, 0.4) is 0 Å². The zero-order valence-electron chi connectivity index (χ0n) is 12.7. The summed E-state index contributed by atoms with van der Waals surface area (Å²) in [6.07, 6.45) is -4.64. The lowest BCUT2D eigenvalue weighted by molar-refractivity contribution is -0.145. The van der Waals surface area contributed by atoms with Crippen molar-refractivity contribution < 1.29 is 18.0 Å². The van der Waals surface area contributed by atoms with Crippen LogP contribution < -0.4 is 5.32 Å². The predicted octanol–water partition coefficient (Wildman–Crippen LogP) is 4.12. The third-order valence-electron chi connectivity index (χ3n) is 3.20. The molecule has 1 aromatic carbocycles. The van der Waals surface area contributed by atoms with Crippen molar-refractivity contribution in [3.8, 4) is 0 Å². The molecule has 25 heavy (non-hydrogen) atoms. The minimum Gasteiger partial charge on any atom is -0.350 e. The van der Waals surface area contributed by atoms with Gasteiger partial charge in [-0.1, -0.05) is 36.0 Å². The van der Waals surface area contributed by atoms with Gasteiger partial charge in [0, 0.05) is 10.3 Å². The summed E-state index contributed by atoms with van der Waals surface area (Å²) >= 11 is 2.48. The molecule has 0 saturated carbocycles. The Morgan fingerprint density at radius 2 is 1.96 bits per heavy atom. The van der Waals surface area contributed by atoms with Gasteiger partial charge < -0.3 is 5.32 Å². The molecule has 0 unspecified atom stereocenters. The number of nitrogens with one attached hydrogen (secondary N) is 1. The van der Waals surface area contributed by atoms with Gasteiger partial charge in [-0.2, -0.15) is 13.2 Å². The van der Waals surface area contributed by atoms with Crippen molar-refractivity contribution in [2.75, 3.05) is 5.75 Å². The minimum absolute atomic E-state index is 0.0241. The van der Waals surface area contributed by atoms with E-state index in [4.69, 9.17) is 0 Å². The van der Waals surface area contributed by atoms with Crippen LogP contribution in [0, 0.1) is 0 Å². The highest BCUT2D eigenvalue weighted by molar-refractivity contribution is 8.00.